The molecule has 0 unspecified atom stereocenters. The van der Waals surface area contributed by atoms with Gasteiger partial charge >= 0.3 is 12.0 Å². The van der Waals surface area contributed by atoms with Gasteiger partial charge < -0.3 is 21.1 Å². The van der Waals surface area contributed by atoms with Crippen molar-refractivity contribution in [2.75, 3.05) is 5.32 Å². The van der Waals surface area contributed by atoms with Crippen molar-refractivity contribution in [3.05, 3.63) is 29.8 Å². The quantitative estimate of drug-likeness (QED) is 0.710. The van der Waals surface area contributed by atoms with Crippen LogP contribution in [0, 0.1) is 5.92 Å². The highest BCUT2D eigenvalue weighted by Gasteiger charge is 2.26. The molecule has 0 aliphatic heterocycles. The van der Waals surface area contributed by atoms with Crippen molar-refractivity contribution in [3.8, 4) is 0 Å². The number of rotatable bonds is 5. The monoisotopic (exact) mass is 347 g/mol. The number of nitrogens with one attached hydrogen (secondary N) is 2. The zero-order chi connectivity index (χ0) is 18.4. The Hall–Kier alpha value is -2.57. The van der Waals surface area contributed by atoms with Crippen molar-refractivity contribution < 1.29 is 19.1 Å². The lowest BCUT2D eigenvalue weighted by molar-refractivity contribution is -0.130. The average molecular weight is 347 g/mol. The molecule has 3 atom stereocenters. The lowest BCUT2D eigenvalue weighted by Gasteiger charge is -2.30. The maximum Gasteiger partial charge on any atom is 0.338 e. The molecule has 1 fully saturated rings. The largest absolute Gasteiger partial charge is 0.449 e. The number of hydrogen-bond donors (Lipinski definition) is 3. The van der Waals surface area contributed by atoms with E-state index in [9.17, 15) is 14.4 Å². The van der Waals surface area contributed by atoms with Gasteiger partial charge in [0.05, 0.1) is 5.56 Å². The van der Waals surface area contributed by atoms with E-state index in [0.717, 1.165) is 19.3 Å². The van der Waals surface area contributed by atoms with Gasteiger partial charge in [-0.3, -0.25) is 4.79 Å². The molecule has 1 aliphatic carbocycles. The number of carbonyl (C=O) groups is 3. The fourth-order valence-electron chi connectivity index (χ4n) is 2.98. The highest BCUT2D eigenvalue weighted by atomic mass is 16.5. The molecule has 1 saturated carbocycles. The highest BCUT2D eigenvalue weighted by molar-refractivity contribution is 5.95. The number of amides is 3. The number of ether oxygens (including phenoxy) is 1. The topological polar surface area (TPSA) is 111 Å². The summed E-state index contributed by atoms with van der Waals surface area (Å²) in [5, 5.41) is 5.36. The van der Waals surface area contributed by atoms with Gasteiger partial charge in [-0.1, -0.05) is 25.8 Å². The van der Waals surface area contributed by atoms with Crippen LogP contribution in [-0.4, -0.2) is 30.1 Å². The van der Waals surface area contributed by atoms with Gasteiger partial charge in [-0.25, -0.2) is 9.59 Å². The molecule has 0 saturated heterocycles. The molecule has 7 nitrogen and oxygen atoms in total. The number of esters is 1. The molecule has 2 rings (SSSR count). The minimum absolute atomic E-state index is 0.130. The number of anilines is 1. The summed E-state index contributed by atoms with van der Waals surface area (Å²) in [5.41, 5.74) is 5.67. The molecule has 25 heavy (non-hydrogen) atoms. The molecule has 1 aliphatic rings. The third kappa shape index (κ3) is 5.48. The first-order valence-corrected chi connectivity index (χ1v) is 8.54. The molecule has 3 amide bonds. The molecule has 0 heterocycles. The van der Waals surface area contributed by atoms with Crippen molar-refractivity contribution in [2.24, 2.45) is 11.7 Å². The number of primary amides is 1. The molecule has 136 valence electrons. The summed E-state index contributed by atoms with van der Waals surface area (Å²) in [7, 11) is 0. The second kappa shape index (κ2) is 8.50. The smallest absolute Gasteiger partial charge is 0.338 e. The van der Waals surface area contributed by atoms with Gasteiger partial charge in [-0.2, -0.15) is 0 Å². The third-order valence-corrected chi connectivity index (χ3v) is 4.46. The Kier molecular flexibility index (Phi) is 6.38. The van der Waals surface area contributed by atoms with Crippen LogP contribution in [0.25, 0.3) is 0 Å². The first-order chi connectivity index (χ1) is 11.9. The lowest BCUT2D eigenvalue weighted by atomic mass is 9.86. The van der Waals surface area contributed by atoms with Crippen molar-refractivity contribution in [1.29, 1.82) is 0 Å². The van der Waals surface area contributed by atoms with Crippen LogP contribution in [0.4, 0.5) is 10.5 Å². The Bertz CT molecular complexity index is 647. The summed E-state index contributed by atoms with van der Waals surface area (Å²) >= 11 is 0. The first-order valence-electron chi connectivity index (χ1n) is 8.54. The van der Waals surface area contributed by atoms with Crippen LogP contribution in [0.3, 0.4) is 0 Å². The predicted octanol–water partition coefficient (Wildman–Crippen LogP) is 2.42. The Morgan fingerprint density at radius 1 is 1.24 bits per heavy atom. The highest BCUT2D eigenvalue weighted by Crippen LogP contribution is 2.23. The van der Waals surface area contributed by atoms with Gasteiger partial charge in [0.15, 0.2) is 6.10 Å². The van der Waals surface area contributed by atoms with E-state index < -0.39 is 18.1 Å². The zero-order valence-electron chi connectivity index (χ0n) is 14.6. The summed E-state index contributed by atoms with van der Waals surface area (Å²) in [6, 6.07) is 5.59. The summed E-state index contributed by atoms with van der Waals surface area (Å²) < 4.78 is 5.24. The van der Waals surface area contributed by atoms with Gasteiger partial charge in [0, 0.05) is 11.7 Å². The maximum atomic E-state index is 12.3. The van der Waals surface area contributed by atoms with E-state index in [1.54, 1.807) is 25.1 Å². The molecule has 0 radical (unpaired) electrons. The molecular formula is C18H25N3O4. The molecule has 1 aromatic carbocycles. The third-order valence-electron chi connectivity index (χ3n) is 4.46. The molecule has 0 spiro atoms. The van der Waals surface area contributed by atoms with Gasteiger partial charge in [-0.15, -0.1) is 0 Å². The molecular weight excluding hydrogens is 322 g/mol. The second-order valence-electron chi connectivity index (χ2n) is 6.49. The Labute approximate surface area is 147 Å². The van der Waals surface area contributed by atoms with Crippen LogP contribution in [0.1, 0.15) is 49.9 Å². The standard InChI is InChI=1S/C18H25N3O4/c1-11-6-3-4-9-15(11)21-16(22)12(2)25-17(23)13-7-5-8-14(10-13)20-18(19)24/h5,7-8,10-12,15H,3-4,6,9H2,1-2H3,(H,21,22)(H3,19,20,24)/t11-,12-,15-/m1/s1. The fourth-order valence-corrected chi connectivity index (χ4v) is 2.98. The maximum absolute atomic E-state index is 12.3. The molecule has 1 aromatic rings. The summed E-state index contributed by atoms with van der Waals surface area (Å²) in [4.78, 5) is 35.4. The number of benzene rings is 1. The fraction of sp³-hybridized carbons (Fsp3) is 0.500. The minimum atomic E-state index is -0.894. The van der Waals surface area contributed by atoms with Crippen molar-refractivity contribution in [2.45, 2.75) is 51.7 Å². The van der Waals surface area contributed by atoms with Crippen LogP contribution in [-0.2, 0) is 9.53 Å². The zero-order valence-corrected chi connectivity index (χ0v) is 14.6. The number of nitrogens with two attached hydrogens (primary N) is 1. The Balaban J connectivity index is 1.92. The van der Waals surface area contributed by atoms with Gasteiger partial charge in [-0.05, 0) is 43.9 Å². The summed E-state index contributed by atoms with van der Waals surface area (Å²) in [5.74, 6) is -0.497. The number of urea groups is 1. The summed E-state index contributed by atoms with van der Waals surface area (Å²) in [6.07, 6.45) is 3.44. The van der Waals surface area contributed by atoms with E-state index in [4.69, 9.17) is 10.5 Å². The van der Waals surface area contributed by atoms with Crippen LogP contribution in [0.2, 0.25) is 0 Å². The number of carbonyl (C=O) groups excluding carboxylic acids is 3. The van der Waals surface area contributed by atoms with Gasteiger partial charge in [0.1, 0.15) is 0 Å². The van der Waals surface area contributed by atoms with Crippen LogP contribution < -0.4 is 16.4 Å². The predicted molar refractivity (Wildman–Crippen MR) is 94.1 cm³/mol. The Morgan fingerprint density at radius 3 is 2.64 bits per heavy atom. The van der Waals surface area contributed by atoms with E-state index >= 15 is 0 Å². The van der Waals surface area contributed by atoms with Gasteiger partial charge in [0.25, 0.3) is 5.91 Å². The van der Waals surface area contributed by atoms with Gasteiger partial charge in [0.2, 0.25) is 0 Å². The molecule has 0 aromatic heterocycles. The van der Waals surface area contributed by atoms with Crippen LogP contribution >= 0.6 is 0 Å². The number of hydrogen-bond acceptors (Lipinski definition) is 4. The average Bonchev–Trinajstić information content (AvgIpc) is 2.56. The van der Waals surface area contributed by atoms with Crippen LogP contribution in [0.15, 0.2) is 24.3 Å². The summed E-state index contributed by atoms with van der Waals surface area (Å²) in [6.45, 7) is 3.67. The van der Waals surface area contributed by atoms with E-state index in [1.807, 2.05) is 0 Å². The molecule has 7 heteroatoms. The molecule has 0 bridgehead atoms. The van der Waals surface area contributed by atoms with Crippen molar-refractivity contribution >= 4 is 23.6 Å². The second-order valence-corrected chi connectivity index (χ2v) is 6.49. The van der Waals surface area contributed by atoms with Crippen LogP contribution in [0.5, 0.6) is 0 Å². The van der Waals surface area contributed by atoms with Crippen molar-refractivity contribution in [3.63, 3.8) is 0 Å². The minimum Gasteiger partial charge on any atom is -0.449 e. The Morgan fingerprint density at radius 2 is 1.96 bits per heavy atom. The van der Waals surface area contributed by atoms with E-state index in [2.05, 4.69) is 17.6 Å². The van der Waals surface area contributed by atoms with E-state index in [-0.39, 0.29) is 17.5 Å². The molecule has 4 N–H and O–H groups in total. The lowest BCUT2D eigenvalue weighted by Crippen LogP contribution is -2.45. The van der Waals surface area contributed by atoms with E-state index in [1.165, 1.54) is 12.5 Å². The normalized spacial score (nSPS) is 21.0. The van der Waals surface area contributed by atoms with E-state index in [0.29, 0.717) is 11.6 Å². The van der Waals surface area contributed by atoms with Crippen molar-refractivity contribution in [1.82, 2.24) is 5.32 Å². The first kappa shape index (κ1) is 18.8. The SMILES string of the molecule is C[C@@H]1CCCC[C@H]1NC(=O)[C@@H](C)OC(=O)c1cccc(NC(N)=O)c1.